The van der Waals surface area contributed by atoms with Gasteiger partial charge in [-0.1, -0.05) is 6.92 Å². The highest BCUT2D eigenvalue weighted by molar-refractivity contribution is 9.10. The van der Waals surface area contributed by atoms with Crippen LogP contribution in [0.1, 0.15) is 64.7 Å². The third kappa shape index (κ3) is 3.06. The van der Waals surface area contributed by atoms with Crippen molar-refractivity contribution in [2.75, 3.05) is 20.1 Å². The van der Waals surface area contributed by atoms with E-state index < -0.39 is 0 Å². The highest BCUT2D eigenvalue weighted by Gasteiger charge is 2.42. The van der Waals surface area contributed by atoms with Gasteiger partial charge in [-0.05, 0) is 76.1 Å². The zero-order valence-electron chi connectivity index (χ0n) is 14.0. The lowest BCUT2D eigenvalue weighted by Crippen LogP contribution is -2.53. The first kappa shape index (κ1) is 17.0. The molecule has 2 rings (SSSR count). The Kier molecular flexibility index (Phi) is 5.49. The van der Waals surface area contributed by atoms with Gasteiger partial charge in [-0.2, -0.15) is 5.10 Å². The first-order valence-electron chi connectivity index (χ1n) is 8.11. The maximum absolute atomic E-state index is 4.57. The second kappa shape index (κ2) is 6.80. The van der Waals surface area contributed by atoms with Crippen molar-refractivity contribution in [1.82, 2.24) is 20.0 Å². The fraction of sp³-hybridized carbons (Fsp3) is 0.812. The van der Waals surface area contributed by atoms with E-state index in [-0.39, 0.29) is 11.6 Å². The van der Waals surface area contributed by atoms with E-state index in [1.54, 1.807) is 0 Å². The molecule has 1 saturated heterocycles. The summed E-state index contributed by atoms with van der Waals surface area (Å²) in [5.41, 5.74) is 1.38. The largest absolute Gasteiger partial charge is 0.310 e. The molecule has 21 heavy (non-hydrogen) atoms. The quantitative estimate of drug-likeness (QED) is 0.842. The summed E-state index contributed by atoms with van der Waals surface area (Å²) in [6.45, 7) is 11.5. The molecule has 2 atom stereocenters. The second-order valence-corrected chi connectivity index (χ2v) is 7.40. The first-order chi connectivity index (χ1) is 9.95. The molecule has 0 radical (unpaired) electrons. The number of aromatic nitrogens is 2. The average Bonchev–Trinajstić information content (AvgIpc) is 3.10. The van der Waals surface area contributed by atoms with E-state index in [0.29, 0.717) is 6.04 Å². The van der Waals surface area contributed by atoms with Crippen LogP contribution in [-0.4, -0.2) is 40.4 Å². The van der Waals surface area contributed by atoms with Gasteiger partial charge in [0.25, 0.3) is 0 Å². The van der Waals surface area contributed by atoms with Crippen LogP contribution in [0.4, 0.5) is 0 Å². The van der Waals surface area contributed by atoms with E-state index in [2.05, 4.69) is 70.7 Å². The number of hydrogen-bond donors (Lipinski definition) is 1. The molecule has 4 nitrogen and oxygen atoms in total. The van der Waals surface area contributed by atoms with Gasteiger partial charge >= 0.3 is 0 Å². The molecule has 1 aliphatic rings. The summed E-state index contributed by atoms with van der Waals surface area (Å²) in [4.78, 5) is 2.65. The summed E-state index contributed by atoms with van der Waals surface area (Å²) in [6, 6.07) is 0.627. The molecule has 0 aliphatic carbocycles. The first-order valence-corrected chi connectivity index (χ1v) is 8.90. The Morgan fingerprint density at radius 2 is 2.00 bits per heavy atom. The predicted molar refractivity (Wildman–Crippen MR) is 91.6 cm³/mol. The van der Waals surface area contributed by atoms with Crippen LogP contribution in [0.3, 0.4) is 0 Å². The molecular weight excluding hydrogens is 328 g/mol. The number of halogens is 1. The highest BCUT2D eigenvalue weighted by Crippen LogP contribution is 2.39. The van der Waals surface area contributed by atoms with Crippen LogP contribution in [0.2, 0.25) is 0 Å². The lowest BCUT2D eigenvalue weighted by atomic mass is 9.85. The van der Waals surface area contributed by atoms with Crippen LogP contribution in [-0.2, 0) is 0 Å². The topological polar surface area (TPSA) is 33.1 Å². The predicted octanol–water partition coefficient (Wildman–Crippen LogP) is 3.75. The molecule has 0 aromatic carbocycles. The summed E-state index contributed by atoms with van der Waals surface area (Å²) >= 11 is 3.72. The molecule has 1 aliphatic heterocycles. The minimum Gasteiger partial charge on any atom is -0.310 e. The van der Waals surface area contributed by atoms with Crippen LogP contribution >= 0.6 is 15.9 Å². The SMILES string of the molecule is CCC(C)(C(NC)c1c(Br)cnn1C(C)C)N1CCCC1. The lowest BCUT2D eigenvalue weighted by Gasteiger charge is -2.45. The Balaban J connectivity index is 2.44. The molecule has 2 heterocycles. The van der Waals surface area contributed by atoms with Gasteiger partial charge in [-0.25, -0.2) is 0 Å². The van der Waals surface area contributed by atoms with Gasteiger partial charge in [-0.15, -0.1) is 0 Å². The van der Waals surface area contributed by atoms with Gasteiger partial charge in [-0.3, -0.25) is 9.58 Å². The Labute approximate surface area is 137 Å². The maximum atomic E-state index is 4.57. The molecule has 0 saturated carbocycles. The van der Waals surface area contributed by atoms with E-state index in [1.807, 2.05) is 6.20 Å². The van der Waals surface area contributed by atoms with Crippen LogP contribution in [0.5, 0.6) is 0 Å². The van der Waals surface area contributed by atoms with Crippen LogP contribution in [0.15, 0.2) is 10.7 Å². The number of likely N-dealkylation sites (tertiary alicyclic amines) is 1. The van der Waals surface area contributed by atoms with E-state index in [9.17, 15) is 0 Å². The molecule has 0 spiro atoms. The molecule has 0 amide bonds. The van der Waals surface area contributed by atoms with Gasteiger partial charge in [0, 0.05) is 11.6 Å². The Bertz CT molecular complexity index is 465. The monoisotopic (exact) mass is 356 g/mol. The van der Waals surface area contributed by atoms with Crippen molar-refractivity contribution in [2.24, 2.45) is 0 Å². The lowest BCUT2D eigenvalue weighted by molar-refractivity contribution is 0.0827. The molecule has 1 aromatic heterocycles. The second-order valence-electron chi connectivity index (χ2n) is 6.54. The maximum Gasteiger partial charge on any atom is 0.0717 e. The van der Waals surface area contributed by atoms with Gasteiger partial charge in [0.1, 0.15) is 0 Å². The molecular formula is C16H29BrN4. The van der Waals surface area contributed by atoms with Gasteiger partial charge in [0.05, 0.1) is 22.4 Å². The van der Waals surface area contributed by atoms with Crippen molar-refractivity contribution >= 4 is 15.9 Å². The van der Waals surface area contributed by atoms with Crippen molar-refractivity contribution in [3.8, 4) is 0 Å². The molecule has 5 heteroatoms. The van der Waals surface area contributed by atoms with Crippen molar-refractivity contribution in [2.45, 2.75) is 64.6 Å². The molecule has 1 aromatic rings. The third-order valence-corrected chi connectivity index (χ3v) is 5.62. The zero-order valence-corrected chi connectivity index (χ0v) is 15.6. The van der Waals surface area contributed by atoms with Gasteiger partial charge in [0.15, 0.2) is 0 Å². The number of nitrogens with one attached hydrogen (secondary N) is 1. The molecule has 120 valence electrons. The van der Waals surface area contributed by atoms with Crippen molar-refractivity contribution in [1.29, 1.82) is 0 Å². The van der Waals surface area contributed by atoms with Gasteiger partial charge in [0.2, 0.25) is 0 Å². The minimum atomic E-state index is 0.112. The molecule has 1 N–H and O–H groups in total. The number of nitrogens with zero attached hydrogens (tertiary/aromatic N) is 3. The van der Waals surface area contributed by atoms with Crippen LogP contribution in [0, 0.1) is 0 Å². The molecule has 2 unspecified atom stereocenters. The zero-order chi connectivity index (χ0) is 15.6. The summed E-state index contributed by atoms with van der Waals surface area (Å²) in [5, 5.41) is 8.15. The Morgan fingerprint density at radius 3 is 2.48 bits per heavy atom. The van der Waals surface area contributed by atoms with Crippen molar-refractivity contribution in [3.63, 3.8) is 0 Å². The Morgan fingerprint density at radius 1 is 1.38 bits per heavy atom. The number of hydrogen-bond acceptors (Lipinski definition) is 3. The van der Waals surface area contributed by atoms with E-state index >= 15 is 0 Å². The number of rotatable bonds is 6. The van der Waals surface area contributed by atoms with E-state index in [4.69, 9.17) is 0 Å². The molecule has 1 fully saturated rings. The van der Waals surface area contributed by atoms with Crippen LogP contribution < -0.4 is 5.32 Å². The van der Waals surface area contributed by atoms with Gasteiger partial charge < -0.3 is 5.32 Å². The van der Waals surface area contributed by atoms with Crippen LogP contribution in [0.25, 0.3) is 0 Å². The fourth-order valence-electron chi connectivity index (χ4n) is 3.61. The van der Waals surface area contributed by atoms with Crippen molar-refractivity contribution in [3.05, 3.63) is 16.4 Å². The Hall–Kier alpha value is -0.390. The smallest absolute Gasteiger partial charge is 0.0717 e. The average molecular weight is 357 g/mol. The standard InChI is InChI=1S/C16H29BrN4/c1-6-16(4,20-9-7-8-10-20)15(18-5)14-13(17)11-19-21(14)12(2)3/h11-12,15,18H,6-10H2,1-5H3. The fourth-order valence-corrected chi connectivity index (χ4v) is 4.11. The summed E-state index contributed by atoms with van der Waals surface area (Å²) in [5.74, 6) is 0. The highest BCUT2D eigenvalue weighted by atomic mass is 79.9. The number of likely N-dealkylation sites (N-methyl/N-ethyl adjacent to an activating group) is 1. The third-order valence-electron chi connectivity index (χ3n) is 5.00. The van der Waals surface area contributed by atoms with E-state index in [1.165, 1.54) is 31.6 Å². The van der Waals surface area contributed by atoms with Crippen molar-refractivity contribution < 1.29 is 0 Å². The summed E-state index contributed by atoms with van der Waals surface area (Å²) in [7, 11) is 2.07. The normalized spacial score (nSPS) is 20.9. The molecule has 0 bridgehead atoms. The summed E-state index contributed by atoms with van der Waals surface area (Å²) in [6.07, 6.45) is 5.68. The summed E-state index contributed by atoms with van der Waals surface area (Å²) < 4.78 is 3.25. The minimum absolute atomic E-state index is 0.112. The van der Waals surface area contributed by atoms with E-state index in [0.717, 1.165) is 10.9 Å².